The predicted molar refractivity (Wildman–Crippen MR) is 128 cm³/mol. The summed E-state index contributed by atoms with van der Waals surface area (Å²) in [5, 5.41) is 11.4. The number of hydrogen-bond acceptors (Lipinski definition) is 5. The molecule has 0 aliphatic heterocycles. The molecule has 1 heterocycles. The van der Waals surface area contributed by atoms with E-state index in [-0.39, 0.29) is 24.3 Å². The van der Waals surface area contributed by atoms with Crippen LogP contribution in [0, 0.1) is 5.41 Å². The number of benzene rings is 2. The third kappa shape index (κ3) is 7.24. The molecule has 0 atom stereocenters. The number of nitrogens with one attached hydrogen (secondary N) is 4. The molecule has 0 saturated heterocycles. The Bertz CT molecular complexity index is 1120. The van der Waals surface area contributed by atoms with E-state index in [1.54, 1.807) is 66.9 Å². The maximum absolute atomic E-state index is 12.4. The van der Waals surface area contributed by atoms with Crippen LogP contribution in [0.2, 0.25) is 0 Å². The van der Waals surface area contributed by atoms with E-state index in [4.69, 9.17) is 4.42 Å². The molecule has 8 heteroatoms. The Hall–Kier alpha value is -4.07. The molecular formula is C25H28N4O4. The van der Waals surface area contributed by atoms with Crippen molar-refractivity contribution in [2.45, 2.75) is 27.3 Å². The number of furan rings is 1. The molecule has 3 rings (SSSR count). The van der Waals surface area contributed by atoms with Gasteiger partial charge in [0.05, 0.1) is 19.4 Å². The minimum absolute atomic E-state index is 0.00997. The average molecular weight is 449 g/mol. The van der Waals surface area contributed by atoms with Crippen LogP contribution in [-0.2, 0) is 16.1 Å². The molecule has 3 amide bonds. The van der Waals surface area contributed by atoms with Gasteiger partial charge in [0, 0.05) is 28.0 Å². The van der Waals surface area contributed by atoms with E-state index in [1.165, 1.54) is 0 Å². The van der Waals surface area contributed by atoms with E-state index in [9.17, 15) is 14.4 Å². The predicted octanol–water partition coefficient (Wildman–Crippen LogP) is 4.24. The first-order valence-corrected chi connectivity index (χ1v) is 10.6. The van der Waals surface area contributed by atoms with Crippen LogP contribution < -0.4 is 21.3 Å². The summed E-state index contributed by atoms with van der Waals surface area (Å²) in [6, 6.07) is 17.4. The largest absolute Gasteiger partial charge is 0.467 e. The van der Waals surface area contributed by atoms with Crippen molar-refractivity contribution in [3.63, 3.8) is 0 Å². The molecule has 0 fully saturated rings. The fourth-order valence-electron chi connectivity index (χ4n) is 2.83. The van der Waals surface area contributed by atoms with Crippen LogP contribution in [0.3, 0.4) is 0 Å². The van der Waals surface area contributed by atoms with Crippen LogP contribution >= 0.6 is 0 Å². The van der Waals surface area contributed by atoms with Gasteiger partial charge in [-0.1, -0.05) is 32.9 Å². The molecule has 172 valence electrons. The van der Waals surface area contributed by atoms with Crippen LogP contribution in [0.25, 0.3) is 0 Å². The standard InChI is InChI=1S/C25H28N4O4/c1-25(2,3)24(32)29-20-10-5-9-19(14-20)28-22(30)16-26-18-8-4-7-17(13-18)23(31)27-15-21-11-6-12-33-21/h4-14,26H,15-16H2,1-3H3,(H,27,31)(H,28,30)(H,29,32). The summed E-state index contributed by atoms with van der Waals surface area (Å²) in [6.45, 7) is 5.79. The zero-order valence-electron chi connectivity index (χ0n) is 18.9. The molecule has 4 N–H and O–H groups in total. The lowest BCUT2D eigenvalue weighted by molar-refractivity contribution is -0.123. The number of carbonyl (C=O) groups excluding carboxylic acids is 3. The van der Waals surface area contributed by atoms with Gasteiger partial charge in [-0.05, 0) is 48.5 Å². The summed E-state index contributed by atoms with van der Waals surface area (Å²) in [7, 11) is 0. The third-order valence-electron chi connectivity index (χ3n) is 4.67. The van der Waals surface area contributed by atoms with Gasteiger partial charge in [0.25, 0.3) is 5.91 Å². The first-order valence-electron chi connectivity index (χ1n) is 10.6. The number of rotatable bonds is 8. The van der Waals surface area contributed by atoms with Gasteiger partial charge in [-0.15, -0.1) is 0 Å². The highest BCUT2D eigenvalue weighted by atomic mass is 16.3. The van der Waals surface area contributed by atoms with Crippen molar-refractivity contribution in [3.8, 4) is 0 Å². The first-order chi connectivity index (χ1) is 15.7. The summed E-state index contributed by atoms with van der Waals surface area (Å²) in [4.78, 5) is 36.9. The smallest absolute Gasteiger partial charge is 0.251 e. The Labute approximate surface area is 192 Å². The van der Waals surface area contributed by atoms with Crippen molar-refractivity contribution in [2.24, 2.45) is 5.41 Å². The van der Waals surface area contributed by atoms with E-state index in [0.29, 0.717) is 34.9 Å². The molecule has 33 heavy (non-hydrogen) atoms. The highest BCUT2D eigenvalue weighted by Crippen LogP contribution is 2.20. The second-order valence-corrected chi connectivity index (χ2v) is 8.53. The lowest BCUT2D eigenvalue weighted by Crippen LogP contribution is -2.27. The Kier molecular flexibility index (Phi) is 7.50. The van der Waals surface area contributed by atoms with Gasteiger partial charge in [-0.2, -0.15) is 0 Å². The molecule has 0 aliphatic rings. The fraction of sp³-hybridized carbons (Fsp3) is 0.240. The summed E-state index contributed by atoms with van der Waals surface area (Å²) < 4.78 is 5.21. The fourth-order valence-corrected chi connectivity index (χ4v) is 2.83. The molecule has 2 aromatic carbocycles. The maximum Gasteiger partial charge on any atom is 0.251 e. The van der Waals surface area contributed by atoms with E-state index >= 15 is 0 Å². The van der Waals surface area contributed by atoms with Crippen LogP contribution in [0.5, 0.6) is 0 Å². The number of carbonyl (C=O) groups is 3. The van der Waals surface area contributed by atoms with Crippen LogP contribution in [-0.4, -0.2) is 24.3 Å². The highest BCUT2D eigenvalue weighted by molar-refractivity contribution is 5.98. The summed E-state index contributed by atoms with van der Waals surface area (Å²) in [5.41, 5.74) is 1.76. The highest BCUT2D eigenvalue weighted by Gasteiger charge is 2.21. The second-order valence-electron chi connectivity index (χ2n) is 8.53. The molecule has 0 saturated carbocycles. The maximum atomic E-state index is 12.4. The zero-order chi connectivity index (χ0) is 23.8. The lowest BCUT2D eigenvalue weighted by Gasteiger charge is -2.18. The number of anilines is 3. The van der Waals surface area contributed by atoms with Crippen LogP contribution in [0.4, 0.5) is 17.1 Å². The summed E-state index contributed by atoms with van der Waals surface area (Å²) >= 11 is 0. The normalized spacial score (nSPS) is 10.9. The van der Waals surface area contributed by atoms with E-state index < -0.39 is 5.41 Å². The van der Waals surface area contributed by atoms with Crippen molar-refractivity contribution in [3.05, 3.63) is 78.3 Å². The Morgan fingerprint density at radius 2 is 1.55 bits per heavy atom. The molecule has 8 nitrogen and oxygen atoms in total. The van der Waals surface area contributed by atoms with Gasteiger partial charge < -0.3 is 25.7 Å². The number of hydrogen-bond donors (Lipinski definition) is 4. The molecule has 3 aromatic rings. The van der Waals surface area contributed by atoms with Gasteiger partial charge in [0.15, 0.2) is 0 Å². The Morgan fingerprint density at radius 1 is 0.848 bits per heavy atom. The Morgan fingerprint density at radius 3 is 2.24 bits per heavy atom. The van der Waals surface area contributed by atoms with Crippen LogP contribution in [0.15, 0.2) is 71.3 Å². The molecule has 1 aromatic heterocycles. The topological polar surface area (TPSA) is 112 Å². The Balaban J connectivity index is 1.52. The van der Waals surface area contributed by atoms with E-state index in [0.717, 1.165) is 0 Å². The summed E-state index contributed by atoms with van der Waals surface area (Å²) in [6.07, 6.45) is 1.55. The zero-order valence-corrected chi connectivity index (χ0v) is 18.9. The molecule has 0 unspecified atom stereocenters. The minimum atomic E-state index is -0.520. The lowest BCUT2D eigenvalue weighted by atomic mass is 9.95. The number of amides is 3. The third-order valence-corrected chi connectivity index (χ3v) is 4.67. The molecule has 0 aliphatic carbocycles. The van der Waals surface area contributed by atoms with Gasteiger partial charge >= 0.3 is 0 Å². The van der Waals surface area contributed by atoms with Crippen LogP contribution in [0.1, 0.15) is 36.9 Å². The van der Waals surface area contributed by atoms with Crippen molar-refractivity contribution >= 4 is 34.8 Å². The van der Waals surface area contributed by atoms with E-state index in [1.807, 2.05) is 20.8 Å². The van der Waals surface area contributed by atoms with Crippen molar-refractivity contribution in [1.82, 2.24) is 5.32 Å². The molecule has 0 radical (unpaired) electrons. The van der Waals surface area contributed by atoms with Gasteiger partial charge in [0.2, 0.25) is 11.8 Å². The van der Waals surface area contributed by atoms with Gasteiger partial charge in [0.1, 0.15) is 5.76 Å². The molecule has 0 bridgehead atoms. The SMILES string of the molecule is CC(C)(C)C(=O)Nc1cccc(NC(=O)CNc2cccc(C(=O)NCc3ccco3)c2)c1. The summed E-state index contributed by atoms with van der Waals surface area (Å²) in [5.74, 6) is 0.0488. The molecule has 0 spiro atoms. The van der Waals surface area contributed by atoms with E-state index in [2.05, 4.69) is 21.3 Å². The first kappa shape index (κ1) is 23.6. The van der Waals surface area contributed by atoms with Crippen molar-refractivity contribution in [2.75, 3.05) is 22.5 Å². The second kappa shape index (κ2) is 10.5. The van der Waals surface area contributed by atoms with Crippen molar-refractivity contribution < 1.29 is 18.8 Å². The van der Waals surface area contributed by atoms with Crippen molar-refractivity contribution in [1.29, 1.82) is 0 Å². The average Bonchev–Trinajstić information content (AvgIpc) is 3.29. The quantitative estimate of drug-likeness (QED) is 0.412. The monoisotopic (exact) mass is 448 g/mol. The minimum Gasteiger partial charge on any atom is -0.467 e. The van der Waals surface area contributed by atoms with Gasteiger partial charge in [-0.25, -0.2) is 0 Å². The van der Waals surface area contributed by atoms with Gasteiger partial charge in [-0.3, -0.25) is 14.4 Å². The molecular weight excluding hydrogens is 420 g/mol.